The summed E-state index contributed by atoms with van der Waals surface area (Å²) in [6.45, 7) is 1.87. The first-order chi connectivity index (χ1) is 14.4. The second-order valence-corrected chi connectivity index (χ2v) is 6.93. The van der Waals surface area contributed by atoms with Crippen LogP contribution < -0.4 is 11.1 Å². The maximum Gasteiger partial charge on any atom is 0.271 e. The fraction of sp³-hybridized carbons (Fsp3) is 0.227. The quantitative estimate of drug-likeness (QED) is 0.621. The summed E-state index contributed by atoms with van der Waals surface area (Å²) in [5.41, 5.74) is 7.51. The number of nitrogens with zero attached hydrogens (tertiary/aromatic N) is 2. The van der Waals surface area contributed by atoms with Gasteiger partial charge in [-0.15, -0.1) is 0 Å². The Morgan fingerprint density at radius 3 is 2.40 bits per heavy atom. The Labute approximate surface area is 172 Å². The second kappa shape index (κ2) is 9.30. The van der Waals surface area contributed by atoms with Crippen LogP contribution in [0.25, 0.3) is 11.3 Å². The molecule has 1 aromatic heterocycles. The van der Waals surface area contributed by atoms with Crippen LogP contribution in [0.2, 0.25) is 0 Å². The van der Waals surface area contributed by atoms with Crippen molar-refractivity contribution in [3.8, 4) is 11.3 Å². The molecule has 8 heteroatoms. The Kier molecular flexibility index (Phi) is 6.56. The standard InChI is InChI=1S/C22H22F2N4O2/c1-2-6-18(26-21(29)11-14-9-16(23)12-17(24)10-14)22(30)28-20(25)13-19(27-28)15-7-4-3-5-8-15/h3-5,7-10,12-13,18H,2,6,11,25H2,1H3,(H,26,29). The molecule has 0 saturated carbocycles. The van der Waals surface area contributed by atoms with Gasteiger partial charge in [0.1, 0.15) is 23.5 Å². The number of halogens is 2. The van der Waals surface area contributed by atoms with Gasteiger partial charge in [0.25, 0.3) is 5.91 Å². The van der Waals surface area contributed by atoms with Crippen molar-refractivity contribution in [2.75, 3.05) is 5.73 Å². The summed E-state index contributed by atoms with van der Waals surface area (Å²) in [5.74, 6) is -2.38. The van der Waals surface area contributed by atoms with E-state index in [4.69, 9.17) is 5.73 Å². The number of hydrogen-bond donors (Lipinski definition) is 2. The molecule has 2 aromatic carbocycles. The molecule has 0 aliphatic carbocycles. The van der Waals surface area contributed by atoms with E-state index in [1.54, 1.807) is 6.07 Å². The van der Waals surface area contributed by atoms with Crippen LogP contribution in [0.15, 0.2) is 54.6 Å². The van der Waals surface area contributed by atoms with Crippen LogP contribution >= 0.6 is 0 Å². The van der Waals surface area contributed by atoms with Gasteiger partial charge in [-0.05, 0) is 24.1 Å². The third-order valence-electron chi connectivity index (χ3n) is 4.51. The molecule has 0 radical (unpaired) electrons. The van der Waals surface area contributed by atoms with Gasteiger partial charge in [0.05, 0.1) is 12.1 Å². The van der Waals surface area contributed by atoms with Crippen LogP contribution in [-0.2, 0) is 11.2 Å². The highest BCUT2D eigenvalue weighted by atomic mass is 19.1. The minimum Gasteiger partial charge on any atom is -0.383 e. The molecular weight excluding hydrogens is 390 g/mol. The number of anilines is 1. The second-order valence-electron chi connectivity index (χ2n) is 6.93. The predicted molar refractivity (Wildman–Crippen MR) is 110 cm³/mol. The smallest absolute Gasteiger partial charge is 0.271 e. The summed E-state index contributed by atoms with van der Waals surface area (Å²) >= 11 is 0. The zero-order chi connectivity index (χ0) is 21.7. The van der Waals surface area contributed by atoms with Crippen molar-refractivity contribution >= 4 is 17.6 Å². The lowest BCUT2D eigenvalue weighted by atomic mass is 10.1. The first-order valence-corrected chi connectivity index (χ1v) is 9.57. The summed E-state index contributed by atoms with van der Waals surface area (Å²) in [6, 6.07) is 12.9. The van der Waals surface area contributed by atoms with Crippen molar-refractivity contribution in [3.05, 3.63) is 71.8 Å². The van der Waals surface area contributed by atoms with Crippen LogP contribution in [0.5, 0.6) is 0 Å². The van der Waals surface area contributed by atoms with Crippen LogP contribution in [0, 0.1) is 11.6 Å². The number of carbonyl (C=O) groups excluding carboxylic acids is 2. The van der Waals surface area contributed by atoms with E-state index in [0.717, 1.165) is 28.4 Å². The van der Waals surface area contributed by atoms with Gasteiger partial charge in [0.2, 0.25) is 5.91 Å². The Balaban J connectivity index is 1.76. The average molecular weight is 412 g/mol. The molecule has 6 nitrogen and oxygen atoms in total. The maximum atomic E-state index is 13.3. The highest BCUT2D eigenvalue weighted by Crippen LogP contribution is 2.20. The first kappa shape index (κ1) is 21.2. The van der Waals surface area contributed by atoms with E-state index >= 15 is 0 Å². The van der Waals surface area contributed by atoms with Gasteiger partial charge in [-0.3, -0.25) is 9.59 Å². The molecule has 0 spiro atoms. The summed E-state index contributed by atoms with van der Waals surface area (Å²) < 4.78 is 27.8. The fourth-order valence-electron chi connectivity index (χ4n) is 3.16. The topological polar surface area (TPSA) is 90.0 Å². The summed E-state index contributed by atoms with van der Waals surface area (Å²) in [4.78, 5) is 25.4. The summed E-state index contributed by atoms with van der Waals surface area (Å²) in [7, 11) is 0. The molecule has 1 atom stereocenters. The van der Waals surface area contributed by atoms with Crippen molar-refractivity contribution in [1.29, 1.82) is 0 Å². The molecule has 1 amide bonds. The first-order valence-electron chi connectivity index (χ1n) is 9.57. The lowest BCUT2D eigenvalue weighted by molar-refractivity contribution is -0.121. The molecule has 0 saturated heterocycles. The summed E-state index contributed by atoms with van der Waals surface area (Å²) in [5, 5.41) is 6.92. The number of carbonyl (C=O) groups is 2. The van der Waals surface area contributed by atoms with Crippen molar-refractivity contribution < 1.29 is 18.4 Å². The van der Waals surface area contributed by atoms with E-state index in [1.807, 2.05) is 37.3 Å². The van der Waals surface area contributed by atoms with E-state index in [9.17, 15) is 18.4 Å². The molecule has 1 unspecified atom stereocenters. The van der Waals surface area contributed by atoms with Gasteiger partial charge >= 0.3 is 0 Å². The number of nitrogens with two attached hydrogens (primary N) is 1. The van der Waals surface area contributed by atoms with E-state index in [-0.39, 0.29) is 17.8 Å². The van der Waals surface area contributed by atoms with Gasteiger partial charge < -0.3 is 11.1 Å². The van der Waals surface area contributed by atoms with E-state index in [0.29, 0.717) is 18.5 Å². The number of rotatable bonds is 7. The van der Waals surface area contributed by atoms with E-state index < -0.39 is 29.5 Å². The molecule has 3 N–H and O–H groups in total. The molecule has 0 aliphatic rings. The van der Waals surface area contributed by atoms with Crippen molar-refractivity contribution in [1.82, 2.24) is 15.1 Å². The molecule has 0 bridgehead atoms. The maximum absolute atomic E-state index is 13.3. The van der Waals surface area contributed by atoms with E-state index in [2.05, 4.69) is 10.4 Å². The normalized spacial score (nSPS) is 11.8. The van der Waals surface area contributed by atoms with E-state index in [1.165, 1.54) is 0 Å². The fourth-order valence-corrected chi connectivity index (χ4v) is 3.16. The van der Waals surface area contributed by atoms with Gasteiger partial charge in [-0.25, -0.2) is 8.78 Å². The molecule has 3 aromatic rings. The Bertz CT molecular complexity index is 1030. The Morgan fingerprint density at radius 2 is 1.77 bits per heavy atom. The average Bonchev–Trinajstić information content (AvgIpc) is 3.08. The van der Waals surface area contributed by atoms with Gasteiger partial charge in [-0.2, -0.15) is 9.78 Å². The summed E-state index contributed by atoms with van der Waals surface area (Å²) in [6.07, 6.45) is 0.728. The molecule has 0 fully saturated rings. The highest BCUT2D eigenvalue weighted by Gasteiger charge is 2.24. The van der Waals surface area contributed by atoms with Gasteiger partial charge in [0.15, 0.2) is 0 Å². The largest absolute Gasteiger partial charge is 0.383 e. The minimum atomic E-state index is -0.869. The zero-order valence-electron chi connectivity index (χ0n) is 16.4. The highest BCUT2D eigenvalue weighted by molar-refractivity contribution is 5.91. The van der Waals surface area contributed by atoms with Crippen molar-refractivity contribution in [2.45, 2.75) is 32.2 Å². The molecule has 0 aliphatic heterocycles. The molecule has 1 heterocycles. The zero-order valence-corrected chi connectivity index (χ0v) is 16.4. The third kappa shape index (κ3) is 5.08. The number of nitrogens with one attached hydrogen (secondary N) is 1. The van der Waals surface area contributed by atoms with Crippen LogP contribution in [-0.4, -0.2) is 27.6 Å². The minimum absolute atomic E-state index is 0.154. The van der Waals surface area contributed by atoms with Crippen LogP contribution in [0.3, 0.4) is 0 Å². The molecule has 3 rings (SSSR count). The van der Waals surface area contributed by atoms with Crippen molar-refractivity contribution in [2.24, 2.45) is 0 Å². The van der Waals surface area contributed by atoms with Crippen molar-refractivity contribution in [3.63, 3.8) is 0 Å². The number of hydrogen-bond acceptors (Lipinski definition) is 4. The number of amides is 1. The van der Waals surface area contributed by atoms with Crippen LogP contribution in [0.4, 0.5) is 14.6 Å². The number of benzene rings is 2. The number of aromatic nitrogens is 2. The Morgan fingerprint density at radius 1 is 1.10 bits per heavy atom. The lowest BCUT2D eigenvalue weighted by Gasteiger charge is -2.17. The van der Waals surface area contributed by atoms with Gasteiger partial charge in [0, 0.05) is 17.7 Å². The lowest BCUT2D eigenvalue weighted by Crippen LogP contribution is -2.44. The molecule has 30 heavy (non-hydrogen) atoms. The number of nitrogen functional groups attached to an aromatic ring is 1. The SMILES string of the molecule is CCCC(NC(=O)Cc1cc(F)cc(F)c1)C(=O)n1nc(-c2ccccc2)cc1N. The predicted octanol–water partition coefficient (Wildman–Crippen LogP) is 3.58. The molecule has 156 valence electrons. The van der Waals surface area contributed by atoms with Gasteiger partial charge in [-0.1, -0.05) is 43.7 Å². The Hall–Kier alpha value is -3.55. The van der Waals surface area contributed by atoms with Crippen LogP contribution in [0.1, 0.15) is 30.1 Å². The third-order valence-corrected chi connectivity index (χ3v) is 4.51. The molecular formula is C22H22F2N4O2. The monoisotopic (exact) mass is 412 g/mol.